The van der Waals surface area contributed by atoms with Crippen molar-refractivity contribution in [1.82, 2.24) is 20.1 Å². The highest BCUT2D eigenvalue weighted by atomic mass is 16.4. The molecule has 1 saturated heterocycles. The quantitative estimate of drug-likeness (QED) is 0.867. The molecule has 0 bridgehead atoms. The molecule has 1 aliphatic heterocycles. The van der Waals surface area contributed by atoms with Crippen LogP contribution in [-0.4, -0.2) is 50.3 Å². The molecule has 2 rings (SSSR count). The molecule has 21 heavy (non-hydrogen) atoms. The van der Waals surface area contributed by atoms with Crippen LogP contribution in [-0.2, 0) is 4.79 Å². The molecule has 1 aliphatic rings. The van der Waals surface area contributed by atoms with Crippen molar-refractivity contribution in [1.29, 1.82) is 0 Å². The molecule has 0 radical (unpaired) electrons. The van der Waals surface area contributed by atoms with E-state index in [1.54, 1.807) is 18.7 Å². The van der Waals surface area contributed by atoms with Crippen molar-refractivity contribution in [3.05, 3.63) is 11.4 Å². The Bertz CT molecular complexity index is 549. The highest BCUT2D eigenvalue weighted by Gasteiger charge is 2.25. The Morgan fingerprint density at radius 2 is 2.10 bits per heavy atom. The molecule has 1 aromatic heterocycles. The maximum atomic E-state index is 12.2. The topological polar surface area (TPSA) is 108 Å². The number of rotatable bonds is 3. The van der Waals surface area contributed by atoms with E-state index in [1.807, 2.05) is 0 Å². The summed E-state index contributed by atoms with van der Waals surface area (Å²) in [7, 11) is 0. The van der Waals surface area contributed by atoms with Gasteiger partial charge in [-0.25, -0.2) is 9.78 Å². The fraction of sp³-hybridized carbons (Fsp3) is 0.615. The highest BCUT2D eigenvalue weighted by Crippen LogP contribution is 2.20. The number of urea groups is 1. The largest absolute Gasteiger partial charge is 0.481 e. The summed E-state index contributed by atoms with van der Waals surface area (Å²) in [5.74, 6) is -0.659. The Balaban J connectivity index is 1.96. The second kappa shape index (κ2) is 6.47. The lowest BCUT2D eigenvalue weighted by atomic mass is 9.95. The Morgan fingerprint density at radius 1 is 1.33 bits per heavy atom. The molecule has 2 N–H and O–H groups in total. The maximum absolute atomic E-state index is 12.2. The molecule has 0 aromatic carbocycles. The van der Waals surface area contributed by atoms with Gasteiger partial charge in [0.2, 0.25) is 0 Å². The van der Waals surface area contributed by atoms with Crippen molar-refractivity contribution in [2.45, 2.75) is 33.1 Å². The molecule has 1 fully saturated rings. The van der Waals surface area contributed by atoms with Gasteiger partial charge in [-0.15, -0.1) is 5.10 Å². The van der Waals surface area contributed by atoms with Crippen LogP contribution in [0.5, 0.6) is 0 Å². The second-order valence-corrected chi connectivity index (χ2v) is 5.29. The number of carbonyl (C=O) groups is 2. The summed E-state index contributed by atoms with van der Waals surface area (Å²) in [5.41, 5.74) is 1.43. The van der Waals surface area contributed by atoms with Crippen LogP contribution in [0.15, 0.2) is 0 Å². The van der Waals surface area contributed by atoms with Crippen LogP contribution in [0.3, 0.4) is 0 Å². The first-order valence-corrected chi connectivity index (χ1v) is 6.91. The zero-order valence-corrected chi connectivity index (χ0v) is 12.2. The Kier molecular flexibility index (Phi) is 4.66. The molecule has 0 aliphatic carbocycles. The second-order valence-electron chi connectivity index (χ2n) is 5.29. The first-order valence-electron chi connectivity index (χ1n) is 6.91. The molecule has 2 amide bonds. The van der Waals surface area contributed by atoms with Crippen LogP contribution in [0.2, 0.25) is 0 Å². The minimum atomic E-state index is -0.830. The third-order valence-corrected chi connectivity index (χ3v) is 3.58. The monoisotopic (exact) mass is 293 g/mol. The number of piperidine rings is 1. The lowest BCUT2D eigenvalue weighted by Gasteiger charge is -2.31. The average Bonchev–Trinajstić information content (AvgIpc) is 2.42. The summed E-state index contributed by atoms with van der Waals surface area (Å²) in [6, 6.07) is -0.310. The number of aliphatic carboxylic acids is 1. The van der Waals surface area contributed by atoms with Gasteiger partial charge >= 0.3 is 12.0 Å². The fourth-order valence-electron chi connectivity index (χ4n) is 2.35. The number of nitrogens with zero attached hydrogens (tertiary/aromatic N) is 4. The van der Waals surface area contributed by atoms with Crippen molar-refractivity contribution < 1.29 is 14.7 Å². The summed E-state index contributed by atoms with van der Waals surface area (Å²) in [5, 5.41) is 19.2. The van der Waals surface area contributed by atoms with Crippen molar-refractivity contribution in [2.24, 2.45) is 5.92 Å². The van der Waals surface area contributed by atoms with Crippen LogP contribution in [0, 0.1) is 19.8 Å². The summed E-state index contributed by atoms with van der Waals surface area (Å²) < 4.78 is 0. The van der Waals surface area contributed by atoms with Gasteiger partial charge in [0.25, 0.3) is 5.95 Å². The van der Waals surface area contributed by atoms with Gasteiger partial charge < -0.3 is 10.0 Å². The molecule has 0 spiro atoms. The van der Waals surface area contributed by atoms with E-state index in [4.69, 9.17) is 5.11 Å². The molecule has 1 aromatic rings. The van der Waals surface area contributed by atoms with Gasteiger partial charge in [0, 0.05) is 19.5 Å². The maximum Gasteiger partial charge on any atom is 0.324 e. The van der Waals surface area contributed by atoms with Gasteiger partial charge in [0.15, 0.2) is 0 Å². The number of likely N-dealkylation sites (tertiary alicyclic amines) is 1. The van der Waals surface area contributed by atoms with E-state index in [0.29, 0.717) is 24.5 Å². The first-order chi connectivity index (χ1) is 9.95. The number of hydrogen-bond donors (Lipinski definition) is 2. The van der Waals surface area contributed by atoms with Gasteiger partial charge in [-0.3, -0.25) is 10.1 Å². The van der Waals surface area contributed by atoms with Gasteiger partial charge in [-0.1, -0.05) is 0 Å². The van der Waals surface area contributed by atoms with E-state index in [0.717, 1.165) is 12.8 Å². The van der Waals surface area contributed by atoms with Gasteiger partial charge in [-0.2, -0.15) is 5.10 Å². The average molecular weight is 293 g/mol. The predicted molar refractivity (Wildman–Crippen MR) is 74.9 cm³/mol. The molecular weight excluding hydrogens is 274 g/mol. The molecular formula is C13H19N5O3. The minimum Gasteiger partial charge on any atom is -0.481 e. The zero-order valence-electron chi connectivity index (χ0n) is 12.2. The fourth-order valence-corrected chi connectivity index (χ4v) is 2.35. The molecule has 0 saturated carbocycles. The lowest BCUT2D eigenvalue weighted by Crippen LogP contribution is -2.43. The van der Waals surface area contributed by atoms with Crippen LogP contribution in [0.1, 0.15) is 30.7 Å². The van der Waals surface area contributed by atoms with Crippen molar-refractivity contribution in [2.75, 3.05) is 18.4 Å². The summed E-state index contributed by atoms with van der Waals surface area (Å²) >= 11 is 0. The standard InChI is InChI=1S/C13H19N5O3/c1-8-9(2)16-17-12(14-8)15-13(21)18-5-3-4-10(7-18)6-11(19)20/h10H,3-7H2,1-2H3,(H,19,20)(H,14,15,17,21). The third-order valence-electron chi connectivity index (χ3n) is 3.58. The number of anilines is 1. The number of aromatic nitrogens is 3. The Morgan fingerprint density at radius 3 is 2.76 bits per heavy atom. The van der Waals surface area contributed by atoms with Crippen LogP contribution < -0.4 is 5.32 Å². The molecule has 2 heterocycles. The molecule has 1 atom stereocenters. The zero-order chi connectivity index (χ0) is 15.4. The smallest absolute Gasteiger partial charge is 0.324 e. The summed E-state index contributed by atoms with van der Waals surface area (Å²) in [4.78, 5) is 28.7. The summed E-state index contributed by atoms with van der Waals surface area (Å²) in [6.45, 7) is 4.64. The van der Waals surface area contributed by atoms with Gasteiger partial charge in [0.1, 0.15) is 0 Å². The van der Waals surface area contributed by atoms with E-state index in [2.05, 4.69) is 20.5 Å². The van der Waals surface area contributed by atoms with E-state index in [1.165, 1.54) is 0 Å². The van der Waals surface area contributed by atoms with Gasteiger partial charge in [-0.05, 0) is 32.6 Å². The van der Waals surface area contributed by atoms with Crippen molar-refractivity contribution in [3.63, 3.8) is 0 Å². The molecule has 114 valence electrons. The predicted octanol–water partition coefficient (Wildman–Crippen LogP) is 1.21. The first kappa shape index (κ1) is 15.1. The molecule has 8 nitrogen and oxygen atoms in total. The number of amides is 2. The number of carboxylic acid groups (broad SMARTS) is 1. The third kappa shape index (κ3) is 4.11. The van der Waals surface area contributed by atoms with Crippen LogP contribution in [0.4, 0.5) is 10.7 Å². The number of nitrogens with one attached hydrogen (secondary N) is 1. The van der Waals surface area contributed by atoms with Crippen LogP contribution in [0.25, 0.3) is 0 Å². The van der Waals surface area contributed by atoms with E-state index in [-0.39, 0.29) is 24.3 Å². The highest BCUT2D eigenvalue weighted by molar-refractivity contribution is 5.87. The Labute approximate surface area is 122 Å². The van der Waals surface area contributed by atoms with E-state index in [9.17, 15) is 9.59 Å². The van der Waals surface area contributed by atoms with Crippen molar-refractivity contribution in [3.8, 4) is 0 Å². The number of hydrogen-bond acceptors (Lipinski definition) is 5. The SMILES string of the molecule is Cc1nnc(NC(=O)N2CCCC(CC(=O)O)C2)nc1C. The van der Waals surface area contributed by atoms with Crippen molar-refractivity contribution >= 4 is 17.9 Å². The number of carbonyl (C=O) groups excluding carboxylic acids is 1. The number of aryl methyl sites for hydroxylation is 2. The minimum absolute atomic E-state index is 0.000738. The summed E-state index contributed by atoms with van der Waals surface area (Å²) in [6.07, 6.45) is 1.72. The number of carboxylic acids is 1. The molecule has 1 unspecified atom stereocenters. The van der Waals surface area contributed by atoms with E-state index >= 15 is 0 Å². The Hall–Kier alpha value is -2.25. The van der Waals surface area contributed by atoms with Crippen LogP contribution >= 0.6 is 0 Å². The lowest BCUT2D eigenvalue weighted by molar-refractivity contribution is -0.138. The van der Waals surface area contributed by atoms with Gasteiger partial charge in [0.05, 0.1) is 11.4 Å². The normalized spacial score (nSPS) is 18.4. The molecule has 8 heteroatoms. The van der Waals surface area contributed by atoms with E-state index < -0.39 is 5.97 Å².